The minimum absolute atomic E-state index is 0.120. The highest BCUT2D eigenvalue weighted by Crippen LogP contribution is 2.41. The molecular weight excluding hydrogens is 360 g/mol. The Hall–Kier alpha value is -0.910. The Kier molecular flexibility index (Phi) is 5.87. The Balaban J connectivity index is 2.11. The van der Waals surface area contributed by atoms with E-state index in [2.05, 4.69) is 22.0 Å². The van der Waals surface area contributed by atoms with Crippen molar-refractivity contribution in [2.75, 3.05) is 6.61 Å². The van der Waals surface area contributed by atoms with Crippen LogP contribution in [0.1, 0.15) is 46.1 Å². The summed E-state index contributed by atoms with van der Waals surface area (Å²) in [4.78, 5) is 11.7. The fraction of sp³-hybridized carbons (Fsp3) is 0.611. The molecule has 0 spiro atoms. The third-order valence-electron chi connectivity index (χ3n) is 4.08. The molecule has 1 heterocycles. The van der Waals surface area contributed by atoms with Gasteiger partial charge in [0.15, 0.2) is 5.79 Å². The summed E-state index contributed by atoms with van der Waals surface area (Å²) in [5, 5.41) is 0. The van der Waals surface area contributed by atoms with E-state index in [4.69, 9.17) is 14.2 Å². The fourth-order valence-electron chi connectivity index (χ4n) is 3.04. The molecule has 1 aromatic rings. The van der Waals surface area contributed by atoms with Gasteiger partial charge in [-0.05, 0) is 45.7 Å². The Labute approximate surface area is 146 Å². The van der Waals surface area contributed by atoms with E-state index in [1.165, 1.54) is 5.56 Å². The summed E-state index contributed by atoms with van der Waals surface area (Å²) in [6.07, 6.45) is 1.51. The number of carbonyl (C=O) groups excluding carboxylic acids is 1. The number of halogens is 1. The van der Waals surface area contributed by atoms with Gasteiger partial charge in [-0.2, -0.15) is 0 Å². The second-order valence-corrected chi connectivity index (χ2v) is 7.38. The van der Waals surface area contributed by atoms with Crippen LogP contribution in [0.4, 0.5) is 0 Å². The third kappa shape index (κ3) is 4.78. The minimum Gasteiger partial charge on any atom is -0.466 e. The molecular formula is C18H25BrO4. The fourth-order valence-corrected chi connectivity index (χ4v) is 3.48. The molecule has 0 radical (unpaired) electrons. The Morgan fingerprint density at radius 2 is 2.00 bits per heavy atom. The van der Waals surface area contributed by atoms with Crippen LogP contribution in [0.25, 0.3) is 0 Å². The summed E-state index contributed by atoms with van der Waals surface area (Å²) in [7, 11) is 0. The lowest BCUT2D eigenvalue weighted by atomic mass is 9.89. The number of carbonyl (C=O) groups is 1. The molecule has 0 amide bonds. The zero-order valence-corrected chi connectivity index (χ0v) is 15.8. The monoisotopic (exact) mass is 384 g/mol. The molecule has 0 saturated carbocycles. The van der Waals surface area contributed by atoms with E-state index in [1.807, 2.05) is 45.9 Å². The molecule has 5 heteroatoms. The van der Waals surface area contributed by atoms with Gasteiger partial charge in [0.2, 0.25) is 0 Å². The topological polar surface area (TPSA) is 44.8 Å². The van der Waals surface area contributed by atoms with Crippen molar-refractivity contribution >= 4 is 21.9 Å². The third-order valence-corrected chi connectivity index (χ3v) is 4.85. The summed E-state index contributed by atoms with van der Waals surface area (Å²) in [5.41, 5.74) is 0.645. The van der Waals surface area contributed by atoms with Gasteiger partial charge in [0.25, 0.3) is 0 Å². The van der Waals surface area contributed by atoms with Crippen LogP contribution in [0.2, 0.25) is 0 Å². The maximum Gasteiger partial charge on any atom is 0.305 e. The number of rotatable bonds is 6. The SMILES string of the molecule is CCOC(=O)CC[C@]1(C)OC(C)(C)O[C@H]1Cc1ccccc1Br. The normalized spacial score (nSPS) is 26.2. The molecule has 1 aromatic carbocycles. The minimum atomic E-state index is -0.657. The highest BCUT2D eigenvalue weighted by Gasteiger charge is 2.49. The van der Waals surface area contributed by atoms with Crippen molar-refractivity contribution in [3.63, 3.8) is 0 Å². The lowest BCUT2D eigenvalue weighted by Gasteiger charge is -2.29. The Bertz CT molecular complexity index is 558. The van der Waals surface area contributed by atoms with Crippen molar-refractivity contribution in [1.29, 1.82) is 0 Å². The van der Waals surface area contributed by atoms with E-state index in [0.29, 0.717) is 19.4 Å². The first-order valence-corrected chi connectivity index (χ1v) is 8.82. The lowest BCUT2D eigenvalue weighted by Crippen LogP contribution is -2.39. The Morgan fingerprint density at radius 1 is 1.30 bits per heavy atom. The maximum atomic E-state index is 11.7. The van der Waals surface area contributed by atoms with E-state index >= 15 is 0 Å². The van der Waals surface area contributed by atoms with Crippen molar-refractivity contribution in [3.05, 3.63) is 34.3 Å². The Morgan fingerprint density at radius 3 is 2.65 bits per heavy atom. The van der Waals surface area contributed by atoms with Crippen LogP contribution in [-0.4, -0.2) is 30.1 Å². The number of benzene rings is 1. The van der Waals surface area contributed by atoms with Gasteiger partial charge in [-0.25, -0.2) is 0 Å². The van der Waals surface area contributed by atoms with E-state index in [9.17, 15) is 4.79 Å². The number of esters is 1. The first kappa shape index (κ1) is 18.4. The van der Waals surface area contributed by atoms with Crippen molar-refractivity contribution in [3.8, 4) is 0 Å². The van der Waals surface area contributed by atoms with Crippen LogP contribution < -0.4 is 0 Å². The second kappa shape index (κ2) is 7.32. The number of ether oxygens (including phenoxy) is 3. The van der Waals surface area contributed by atoms with Crippen molar-refractivity contribution in [2.45, 2.75) is 64.4 Å². The van der Waals surface area contributed by atoms with E-state index < -0.39 is 11.4 Å². The van der Waals surface area contributed by atoms with Crippen molar-refractivity contribution in [1.82, 2.24) is 0 Å². The summed E-state index contributed by atoms with van der Waals surface area (Å²) < 4.78 is 18.3. The molecule has 1 aliphatic rings. The molecule has 1 fully saturated rings. The molecule has 0 N–H and O–H groups in total. The summed E-state index contributed by atoms with van der Waals surface area (Å²) in [6.45, 7) is 8.06. The van der Waals surface area contributed by atoms with E-state index in [-0.39, 0.29) is 12.1 Å². The van der Waals surface area contributed by atoms with Crippen LogP contribution in [0.15, 0.2) is 28.7 Å². The molecule has 4 nitrogen and oxygen atoms in total. The standard InChI is InChI=1S/C18H25BrO4/c1-5-21-16(20)10-11-18(4)15(22-17(2,3)23-18)12-13-8-6-7-9-14(13)19/h6-9,15H,5,10-12H2,1-4H3/t15-,18-/m0/s1. The molecule has 1 saturated heterocycles. The van der Waals surface area contributed by atoms with Crippen LogP contribution in [0, 0.1) is 0 Å². The van der Waals surface area contributed by atoms with Gasteiger partial charge >= 0.3 is 5.97 Å². The van der Waals surface area contributed by atoms with Crippen molar-refractivity contribution < 1.29 is 19.0 Å². The summed E-state index contributed by atoms with van der Waals surface area (Å²) >= 11 is 3.58. The molecule has 128 valence electrons. The average molecular weight is 385 g/mol. The molecule has 0 bridgehead atoms. The first-order valence-electron chi connectivity index (χ1n) is 8.03. The molecule has 2 rings (SSSR count). The number of hydrogen-bond acceptors (Lipinski definition) is 4. The molecule has 2 atom stereocenters. The molecule has 0 unspecified atom stereocenters. The highest BCUT2D eigenvalue weighted by molar-refractivity contribution is 9.10. The maximum absolute atomic E-state index is 11.7. The molecule has 1 aliphatic heterocycles. The zero-order chi connectivity index (χ0) is 17.1. The largest absolute Gasteiger partial charge is 0.466 e. The first-order chi connectivity index (χ1) is 10.8. The lowest BCUT2D eigenvalue weighted by molar-refractivity contribution is -0.164. The van der Waals surface area contributed by atoms with Gasteiger partial charge in [0.05, 0.1) is 18.3 Å². The quantitative estimate of drug-likeness (QED) is 0.687. The van der Waals surface area contributed by atoms with Crippen LogP contribution in [0.3, 0.4) is 0 Å². The number of hydrogen-bond donors (Lipinski definition) is 0. The van der Waals surface area contributed by atoms with Gasteiger partial charge in [-0.1, -0.05) is 34.1 Å². The predicted molar refractivity (Wildman–Crippen MR) is 92.2 cm³/mol. The van der Waals surface area contributed by atoms with Crippen LogP contribution in [0.5, 0.6) is 0 Å². The summed E-state index contributed by atoms with van der Waals surface area (Å²) in [5.74, 6) is -0.850. The highest BCUT2D eigenvalue weighted by atomic mass is 79.9. The van der Waals surface area contributed by atoms with Gasteiger partial charge < -0.3 is 14.2 Å². The zero-order valence-electron chi connectivity index (χ0n) is 14.2. The predicted octanol–water partition coefficient (Wildman–Crippen LogP) is 4.25. The van der Waals surface area contributed by atoms with Gasteiger partial charge in [-0.15, -0.1) is 0 Å². The van der Waals surface area contributed by atoms with E-state index in [1.54, 1.807) is 0 Å². The molecule has 23 heavy (non-hydrogen) atoms. The smallest absolute Gasteiger partial charge is 0.305 e. The van der Waals surface area contributed by atoms with Gasteiger partial charge in [0.1, 0.15) is 0 Å². The van der Waals surface area contributed by atoms with Gasteiger partial charge in [0, 0.05) is 17.3 Å². The van der Waals surface area contributed by atoms with E-state index in [0.717, 1.165) is 10.9 Å². The van der Waals surface area contributed by atoms with Crippen LogP contribution >= 0.6 is 15.9 Å². The molecule has 0 aliphatic carbocycles. The second-order valence-electron chi connectivity index (χ2n) is 6.52. The average Bonchev–Trinajstić information content (AvgIpc) is 2.69. The summed E-state index contributed by atoms with van der Waals surface area (Å²) in [6, 6.07) is 8.09. The molecule has 0 aromatic heterocycles. The van der Waals surface area contributed by atoms with Crippen molar-refractivity contribution in [2.24, 2.45) is 0 Å². The van der Waals surface area contributed by atoms with Crippen LogP contribution in [-0.2, 0) is 25.4 Å². The van der Waals surface area contributed by atoms with Gasteiger partial charge in [-0.3, -0.25) is 4.79 Å².